The lowest BCUT2D eigenvalue weighted by Gasteiger charge is -2.03. The summed E-state index contributed by atoms with van der Waals surface area (Å²) in [6.07, 6.45) is 0. The van der Waals surface area contributed by atoms with Crippen molar-refractivity contribution in [3.63, 3.8) is 0 Å². The van der Waals surface area contributed by atoms with Gasteiger partial charge < -0.3 is 15.4 Å². The molecule has 2 N–H and O–H groups in total. The second-order valence-electron chi connectivity index (χ2n) is 2.00. The summed E-state index contributed by atoms with van der Waals surface area (Å²) < 4.78 is 4.55. The first kappa shape index (κ1) is 11.2. The van der Waals surface area contributed by atoms with Gasteiger partial charge in [-0.15, -0.1) is 0 Å². The van der Waals surface area contributed by atoms with E-state index in [1.54, 1.807) is 13.0 Å². The van der Waals surface area contributed by atoms with Crippen molar-refractivity contribution in [2.45, 2.75) is 6.92 Å². The number of ether oxygens (including phenoxy) is 1. The van der Waals surface area contributed by atoms with Crippen LogP contribution in [0, 0.1) is 11.3 Å². The van der Waals surface area contributed by atoms with Gasteiger partial charge in [0.15, 0.2) is 0 Å². The molecule has 0 fully saturated rings. The zero-order valence-electron chi connectivity index (χ0n) is 7.29. The van der Waals surface area contributed by atoms with E-state index in [4.69, 9.17) is 5.26 Å². The highest BCUT2D eigenvalue weighted by molar-refractivity contribution is 5.80. The van der Waals surface area contributed by atoms with E-state index in [9.17, 15) is 9.59 Å². The molecule has 0 aliphatic rings. The molecule has 0 heterocycles. The number of carbonyl (C=O) groups is 2. The van der Waals surface area contributed by atoms with Crippen molar-refractivity contribution < 1.29 is 14.3 Å². The molecule has 6 heteroatoms. The highest BCUT2D eigenvalue weighted by Crippen LogP contribution is 1.74. The number of hydrogen-bond acceptors (Lipinski definition) is 4. The Balaban J connectivity index is 3.47. The summed E-state index contributed by atoms with van der Waals surface area (Å²) in [5.74, 6) is -0.505. The SMILES string of the molecule is CCOC(=O)CNC(=O)NCC#N. The summed E-state index contributed by atoms with van der Waals surface area (Å²) in [5.41, 5.74) is 0. The molecule has 0 atom stereocenters. The van der Waals surface area contributed by atoms with Crippen LogP contribution in [0.15, 0.2) is 0 Å². The van der Waals surface area contributed by atoms with Gasteiger partial charge in [-0.3, -0.25) is 4.79 Å². The van der Waals surface area contributed by atoms with Crippen LogP contribution >= 0.6 is 0 Å². The number of esters is 1. The molecule has 0 unspecified atom stereocenters. The molecule has 0 rings (SSSR count). The number of rotatable bonds is 4. The number of carbonyl (C=O) groups excluding carboxylic acids is 2. The minimum absolute atomic E-state index is 0.0886. The van der Waals surface area contributed by atoms with Crippen molar-refractivity contribution in [1.82, 2.24) is 10.6 Å². The van der Waals surface area contributed by atoms with Gasteiger partial charge in [-0.1, -0.05) is 0 Å². The van der Waals surface area contributed by atoms with Gasteiger partial charge in [0, 0.05) is 0 Å². The molecular weight excluding hydrogens is 174 g/mol. The molecule has 72 valence electrons. The van der Waals surface area contributed by atoms with Crippen LogP contribution in [0.4, 0.5) is 4.79 Å². The average molecular weight is 185 g/mol. The van der Waals surface area contributed by atoms with E-state index < -0.39 is 12.0 Å². The van der Waals surface area contributed by atoms with Crippen molar-refractivity contribution in [2.75, 3.05) is 19.7 Å². The lowest BCUT2D eigenvalue weighted by molar-refractivity contribution is -0.141. The Bertz CT molecular complexity index is 222. The van der Waals surface area contributed by atoms with Gasteiger partial charge >= 0.3 is 12.0 Å². The number of nitriles is 1. The molecule has 0 aliphatic carbocycles. The Labute approximate surface area is 75.9 Å². The minimum Gasteiger partial charge on any atom is -0.465 e. The molecule has 0 radical (unpaired) electrons. The van der Waals surface area contributed by atoms with Crippen LogP contribution in [-0.4, -0.2) is 31.7 Å². The largest absolute Gasteiger partial charge is 0.465 e. The van der Waals surface area contributed by atoms with Crippen molar-refractivity contribution >= 4 is 12.0 Å². The Morgan fingerprint density at radius 2 is 2.15 bits per heavy atom. The Kier molecular flexibility index (Phi) is 5.97. The lowest BCUT2D eigenvalue weighted by Crippen LogP contribution is -2.39. The molecule has 2 amide bonds. The molecule has 0 bridgehead atoms. The summed E-state index contributed by atoms with van der Waals surface area (Å²) >= 11 is 0. The maximum absolute atomic E-state index is 10.7. The Morgan fingerprint density at radius 3 is 2.69 bits per heavy atom. The normalized spacial score (nSPS) is 8.31. The van der Waals surface area contributed by atoms with Crippen molar-refractivity contribution in [3.05, 3.63) is 0 Å². The molecule has 0 aromatic carbocycles. The molecule has 0 aliphatic heterocycles. The monoisotopic (exact) mass is 185 g/mol. The number of urea groups is 1. The summed E-state index contributed by atoms with van der Waals surface area (Å²) in [6.45, 7) is 1.67. The first-order chi connectivity index (χ1) is 6.20. The van der Waals surface area contributed by atoms with E-state index in [-0.39, 0.29) is 19.7 Å². The second kappa shape index (κ2) is 6.91. The zero-order valence-corrected chi connectivity index (χ0v) is 7.29. The van der Waals surface area contributed by atoms with Gasteiger partial charge in [0.1, 0.15) is 13.1 Å². The first-order valence-corrected chi connectivity index (χ1v) is 3.75. The Morgan fingerprint density at radius 1 is 1.46 bits per heavy atom. The van der Waals surface area contributed by atoms with Gasteiger partial charge in [-0.25, -0.2) is 4.79 Å². The van der Waals surface area contributed by atoms with Crippen LogP contribution < -0.4 is 10.6 Å². The molecule has 13 heavy (non-hydrogen) atoms. The van der Waals surface area contributed by atoms with Crippen LogP contribution in [-0.2, 0) is 9.53 Å². The Hall–Kier alpha value is -1.77. The average Bonchev–Trinajstić information content (AvgIpc) is 2.12. The fourth-order valence-corrected chi connectivity index (χ4v) is 0.547. The van der Waals surface area contributed by atoms with Gasteiger partial charge in [-0.2, -0.15) is 5.26 Å². The maximum atomic E-state index is 10.7. The standard InChI is InChI=1S/C7H11N3O3/c1-2-13-6(11)5-10-7(12)9-4-3-8/h2,4-5H2,1H3,(H2,9,10,12). The third-order valence-electron chi connectivity index (χ3n) is 1.03. The molecule has 0 aromatic rings. The zero-order chi connectivity index (χ0) is 10.1. The van der Waals surface area contributed by atoms with Crippen LogP contribution in [0.2, 0.25) is 0 Å². The molecule has 0 aromatic heterocycles. The number of hydrogen-bond donors (Lipinski definition) is 2. The molecule has 0 saturated carbocycles. The first-order valence-electron chi connectivity index (χ1n) is 3.75. The highest BCUT2D eigenvalue weighted by atomic mass is 16.5. The molecule has 6 nitrogen and oxygen atoms in total. The number of nitrogens with one attached hydrogen (secondary N) is 2. The third kappa shape index (κ3) is 6.62. The predicted molar refractivity (Wildman–Crippen MR) is 43.6 cm³/mol. The van der Waals surface area contributed by atoms with E-state index in [1.165, 1.54) is 0 Å². The number of amides is 2. The summed E-state index contributed by atoms with van der Waals surface area (Å²) in [5, 5.41) is 12.5. The van der Waals surface area contributed by atoms with Crippen LogP contribution in [0.5, 0.6) is 0 Å². The quantitative estimate of drug-likeness (QED) is 0.450. The van der Waals surface area contributed by atoms with Gasteiger partial charge in [-0.05, 0) is 6.92 Å². The van der Waals surface area contributed by atoms with Crippen molar-refractivity contribution in [3.8, 4) is 6.07 Å². The summed E-state index contributed by atoms with van der Waals surface area (Å²) in [7, 11) is 0. The van der Waals surface area contributed by atoms with Gasteiger partial charge in [0.25, 0.3) is 0 Å². The van der Waals surface area contributed by atoms with E-state index >= 15 is 0 Å². The second-order valence-corrected chi connectivity index (χ2v) is 2.00. The van der Waals surface area contributed by atoms with E-state index in [0.29, 0.717) is 0 Å². The molecular formula is C7H11N3O3. The van der Waals surface area contributed by atoms with Crippen LogP contribution in [0.3, 0.4) is 0 Å². The highest BCUT2D eigenvalue weighted by Gasteiger charge is 2.03. The summed E-state index contributed by atoms with van der Waals surface area (Å²) in [6, 6.07) is 1.16. The predicted octanol–water partition coefficient (Wildman–Crippen LogP) is -0.628. The summed E-state index contributed by atoms with van der Waals surface area (Å²) in [4.78, 5) is 21.4. The fraction of sp³-hybridized carbons (Fsp3) is 0.571. The van der Waals surface area contributed by atoms with Crippen molar-refractivity contribution in [1.29, 1.82) is 5.26 Å². The minimum atomic E-state index is -0.561. The van der Waals surface area contributed by atoms with E-state index in [1.807, 2.05) is 0 Å². The fourth-order valence-electron chi connectivity index (χ4n) is 0.547. The van der Waals surface area contributed by atoms with Crippen molar-refractivity contribution in [2.24, 2.45) is 0 Å². The number of nitrogens with zero attached hydrogens (tertiary/aromatic N) is 1. The molecule has 0 saturated heterocycles. The third-order valence-corrected chi connectivity index (χ3v) is 1.03. The van der Waals surface area contributed by atoms with E-state index in [2.05, 4.69) is 15.4 Å². The van der Waals surface area contributed by atoms with Gasteiger partial charge in [0.05, 0.1) is 12.7 Å². The lowest BCUT2D eigenvalue weighted by atomic mass is 10.6. The van der Waals surface area contributed by atoms with Crippen LogP contribution in [0.1, 0.15) is 6.92 Å². The molecule has 0 spiro atoms. The topological polar surface area (TPSA) is 91.2 Å². The smallest absolute Gasteiger partial charge is 0.325 e. The van der Waals surface area contributed by atoms with E-state index in [0.717, 1.165) is 0 Å². The van der Waals surface area contributed by atoms with Crippen LogP contribution in [0.25, 0.3) is 0 Å². The van der Waals surface area contributed by atoms with Gasteiger partial charge in [0.2, 0.25) is 0 Å². The maximum Gasteiger partial charge on any atom is 0.325 e.